The third-order valence-electron chi connectivity index (χ3n) is 6.14. The van der Waals surface area contributed by atoms with Crippen LogP contribution in [0.2, 0.25) is 0 Å². The van der Waals surface area contributed by atoms with Crippen molar-refractivity contribution in [2.45, 2.75) is 58.0 Å². The third kappa shape index (κ3) is 5.53. The third-order valence-corrected chi connectivity index (χ3v) is 6.14. The Kier molecular flexibility index (Phi) is 7.27. The number of methoxy groups -OCH3 is 1. The van der Waals surface area contributed by atoms with Crippen molar-refractivity contribution >= 4 is 17.5 Å². The van der Waals surface area contributed by atoms with Gasteiger partial charge < -0.3 is 14.8 Å². The van der Waals surface area contributed by atoms with Crippen LogP contribution in [-0.2, 0) is 11.3 Å². The van der Waals surface area contributed by atoms with Crippen molar-refractivity contribution in [2.75, 3.05) is 13.7 Å². The average Bonchev–Trinajstić information content (AvgIpc) is 3.34. The number of nitrogens with zero attached hydrogens (tertiary/aromatic N) is 2. The second-order valence-electron chi connectivity index (χ2n) is 8.45. The summed E-state index contributed by atoms with van der Waals surface area (Å²) in [7, 11) is 1.61. The van der Waals surface area contributed by atoms with Gasteiger partial charge in [0.15, 0.2) is 11.5 Å². The molecule has 0 radical (unpaired) electrons. The molecule has 1 aliphatic carbocycles. The topological polar surface area (TPSA) is 80.2 Å². The maximum Gasteiger partial charge on any atom is 0.251 e. The molecule has 7 heteroatoms. The van der Waals surface area contributed by atoms with Crippen LogP contribution in [0.25, 0.3) is 0 Å². The summed E-state index contributed by atoms with van der Waals surface area (Å²) < 4.78 is 11.0. The molecule has 33 heavy (non-hydrogen) atoms. The molecule has 1 saturated carbocycles. The Morgan fingerprint density at radius 2 is 1.85 bits per heavy atom. The highest BCUT2D eigenvalue weighted by Gasteiger charge is 2.23. The lowest BCUT2D eigenvalue weighted by atomic mass is 10.0. The van der Waals surface area contributed by atoms with Crippen LogP contribution in [0.5, 0.6) is 11.5 Å². The Labute approximate surface area is 194 Å². The van der Waals surface area contributed by atoms with E-state index in [1.54, 1.807) is 7.11 Å². The van der Waals surface area contributed by atoms with Crippen molar-refractivity contribution in [3.8, 4) is 11.5 Å². The van der Waals surface area contributed by atoms with Gasteiger partial charge in [-0.2, -0.15) is 5.10 Å². The number of hydrogen-bond donors (Lipinski definition) is 1. The molecule has 2 amide bonds. The maximum absolute atomic E-state index is 12.5. The summed E-state index contributed by atoms with van der Waals surface area (Å²) >= 11 is 0. The van der Waals surface area contributed by atoms with Crippen molar-refractivity contribution in [1.29, 1.82) is 0 Å². The first-order chi connectivity index (χ1) is 16.1. The molecule has 0 unspecified atom stereocenters. The normalized spacial score (nSPS) is 16.5. The molecule has 0 aromatic heterocycles. The minimum absolute atomic E-state index is 0.0136. The summed E-state index contributed by atoms with van der Waals surface area (Å²) in [4.78, 5) is 25.0. The first-order valence-electron chi connectivity index (χ1n) is 11.7. The van der Waals surface area contributed by atoms with Gasteiger partial charge >= 0.3 is 0 Å². The highest BCUT2D eigenvalue weighted by atomic mass is 16.5. The number of benzene rings is 2. The molecule has 174 valence electrons. The van der Waals surface area contributed by atoms with Crippen molar-refractivity contribution in [3.63, 3.8) is 0 Å². The fourth-order valence-corrected chi connectivity index (χ4v) is 4.33. The molecule has 1 aliphatic heterocycles. The van der Waals surface area contributed by atoms with E-state index < -0.39 is 0 Å². The van der Waals surface area contributed by atoms with Gasteiger partial charge in [0.25, 0.3) is 5.91 Å². The van der Waals surface area contributed by atoms with Crippen LogP contribution in [0.4, 0.5) is 0 Å². The fourth-order valence-electron chi connectivity index (χ4n) is 4.33. The van der Waals surface area contributed by atoms with Crippen LogP contribution in [0.3, 0.4) is 0 Å². The van der Waals surface area contributed by atoms with E-state index >= 15 is 0 Å². The largest absolute Gasteiger partial charge is 0.493 e. The molecule has 4 rings (SSSR count). The minimum atomic E-state index is -0.0348. The fraction of sp³-hybridized carbons (Fsp3) is 0.423. The molecule has 1 fully saturated rings. The van der Waals surface area contributed by atoms with Crippen LogP contribution in [0.1, 0.15) is 66.9 Å². The van der Waals surface area contributed by atoms with Gasteiger partial charge in [0.1, 0.15) is 0 Å². The van der Waals surface area contributed by atoms with E-state index in [0.29, 0.717) is 43.1 Å². The molecule has 1 heterocycles. The lowest BCUT2D eigenvalue weighted by Crippen LogP contribution is -2.32. The maximum atomic E-state index is 12.5. The standard InChI is InChI=1S/C26H31N3O4/c1-3-33-24-16-20(12-14-23(24)32-2)22-13-15-25(30)29(28-22)17-18-8-10-19(11-9-18)26(31)27-21-6-4-5-7-21/h8-12,14,16,21H,3-7,13,15,17H2,1-2H3,(H,27,31). The van der Waals surface area contributed by atoms with Gasteiger partial charge in [-0.1, -0.05) is 25.0 Å². The number of hydrazone groups is 1. The van der Waals surface area contributed by atoms with Gasteiger partial charge in [0.2, 0.25) is 5.91 Å². The van der Waals surface area contributed by atoms with Crippen LogP contribution >= 0.6 is 0 Å². The number of hydrogen-bond acceptors (Lipinski definition) is 5. The Morgan fingerprint density at radius 1 is 1.09 bits per heavy atom. The zero-order chi connectivity index (χ0) is 23.2. The minimum Gasteiger partial charge on any atom is -0.493 e. The number of amides is 2. The predicted octanol–water partition coefficient (Wildman–Crippen LogP) is 4.29. The highest BCUT2D eigenvalue weighted by Crippen LogP contribution is 2.30. The molecule has 2 aromatic rings. The molecule has 0 bridgehead atoms. The van der Waals surface area contributed by atoms with E-state index in [1.165, 1.54) is 17.9 Å². The van der Waals surface area contributed by atoms with Crippen LogP contribution in [0.15, 0.2) is 47.6 Å². The SMILES string of the molecule is CCOc1cc(C2=NN(Cc3ccc(C(=O)NC4CCCC4)cc3)C(=O)CC2)ccc1OC. The van der Waals surface area contributed by atoms with Crippen molar-refractivity contribution in [1.82, 2.24) is 10.3 Å². The van der Waals surface area contributed by atoms with Crippen molar-refractivity contribution in [2.24, 2.45) is 5.10 Å². The van der Waals surface area contributed by atoms with Crippen molar-refractivity contribution < 1.29 is 19.1 Å². The summed E-state index contributed by atoms with van der Waals surface area (Å²) in [5, 5.41) is 9.25. The zero-order valence-corrected chi connectivity index (χ0v) is 19.3. The molecule has 2 aliphatic rings. The van der Waals surface area contributed by atoms with Gasteiger partial charge in [-0.15, -0.1) is 0 Å². The van der Waals surface area contributed by atoms with E-state index in [-0.39, 0.29) is 17.9 Å². The summed E-state index contributed by atoms with van der Waals surface area (Å²) in [5.41, 5.74) is 3.32. The number of carbonyl (C=O) groups is 2. The van der Waals surface area contributed by atoms with Gasteiger partial charge in [-0.05, 0) is 55.7 Å². The smallest absolute Gasteiger partial charge is 0.251 e. The molecule has 0 atom stereocenters. The van der Waals surface area contributed by atoms with Crippen LogP contribution in [-0.4, -0.2) is 42.3 Å². The summed E-state index contributed by atoms with van der Waals surface area (Å²) in [6, 6.07) is 13.4. The Hall–Kier alpha value is -3.35. The molecule has 0 spiro atoms. The van der Waals surface area contributed by atoms with Gasteiger partial charge in [-0.3, -0.25) is 9.59 Å². The number of nitrogens with one attached hydrogen (secondary N) is 1. The molecule has 0 saturated heterocycles. The van der Waals surface area contributed by atoms with E-state index in [0.717, 1.165) is 29.7 Å². The molecular weight excluding hydrogens is 418 g/mol. The second kappa shape index (κ2) is 10.5. The highest BCUT2D eigenvalue weighted by molar-refractivity contribution is 6.04. The lowest BCUT2D eigenvalue weighted by Gasteiger charge is -2.24. The van der Waals surface area contributed by atoms with Gasteiger partial charge in [0.05, 0.1) is 26.0 Å². The lowest BCUT2D eigenvalue weighted by molar-refractivity contribution is -0.132. The van der Waals surface area contributed by atoms with Crippen LogP contribution in [0, 0.1) is 0 Å². The van der Waals surface area contributed by atoms with Gasteiger partial charge in [0, 0.05) is 30.0 Å². The Morgan fingerprint density at radius 3 is 2.55 bits per heavy atom. The summed E-state index contributed by atoms with van der Waals surface area (Å²) in [5.74, 6) is 1.28. The quantitative estimate of drug-likeness (QED) is 0.652. The molecule has 2 aromatic carbocycles. The molecule has 1 N–H and O–H groups in total. The monoisotopic (exact) mass is 449 g/mol. The first-order valence-corrected chi connectivity index (χ1v) is 11.7. The summed E-state index contributed by atoms with van der Waals surface area (Å²) in [6.45, 7) is 2.82. The van der Waals surface area contributed by atoms with E-state index in [9.17, 15) is 9.59 Å². The summed E-state index contributed by atoms with van der Waals surface area (Å²) in [6.07, 6.45) is 5.45. The van der Waals surface area contributed by atoms with E-state index in [4.69, 9.17) is 9.47 Å². The predicted molar refractivity (Wildman–Crippen MR) is 127 cm³/mol. The zero-order valence-electron chi connectivity index (χ0n) is 19.3. The molecular formula is C26H31N3O4. The number of carbonyl (C=O) groups excluding carboxylic acids is 2. The number of rotatable bonds is 8. The van der Waals surface area contributed by atoms with Gasteiger partial charge in [-0.25, -0.2) is 5.01 Å². The van der Waals surface area contributed by atoms with E-state index in [1.807, 2.05) is 49.4 Å². The number of ether oxygens (including phenoxy) is 2. The van der Waals surface area contributed by atoms with E-state index in [2.05, 4.69) is 10.4 Å². The second-order valence-corrected chi connectivity index (χ2v) is 8.45. The molecule has 7 nitrogen and oxygen atoms in total. The van der Waals surface area contributed by atoms with Crippen LogP contribution < -0.4 is 14.8 Å². The Bertz CT molecular complexity index is 1030. The average molecular weight is 450 g/mol. The first kappa shape index (κ1) is 22.8. The van der Waals surface area contributed by atoms with Crippen molar-refractivity contribution in [3.05, 3.63) is 59.2 Å². The Balaban J connectivity index is 1.46.